The maximum absolute atomic E-state index is 10.4. The fraction of sp³-hybridized carbons (Fsp3) is 0.875. The van der Waals surface area contributed by atoms with E-state index in [4.69, 9.17) is 0 Å². The molecule has 0 saturated heterocycles. The Hall–Kier alpha value is -0.370. The highest BCUT2D eigenvalue weighted by Gasteiger charge is 2.19. The summed E-state index contributed by atoms with van der Waals surface area (Å²) in [7, 11) is 1.97. The molecular formula is C8H15NO. The third-order valence-corrected chi connectivity index (χ3v) is 2.32. The molecule has 58 valence electrons. The van der Waals surface area contributed by atoms with Gasteiger partial charge in [0.15, 0.2) is 0 Å². The van der Waals surface area contributed by atoms with Gasteiger partial charge < -0.3 is 10.1 Å². The first kappa shape index (κ1) is 7.73. The summed E-state index contributed by atoms with van der Waals surface area (Å²) < 4.78 is 0. The lowest BCUT2D eigenvalue weighted by Gasteiger charge is -2.24. The van der Waals surface area contributed by atoms with Gasteiger partial charge in [-0.15, -0.1) is 0 Å². The molecule has 1 saturated carbocycles. The van der Waals surface area contributed by atoms with Crippen LogP contribution in [-0.4, -0.2) is 19.4 Å². The van der Waals surface area contributed by atoms with E-state index >= 15 is 0 Å². The van der Waals surface area contributed by atoms with Crippen molar-refractivity contribution >= 4 is 6.29 Å². The van der Waals surface area contributed by atoms with Crippen molar-refractivity contribution in [3.05, 3.63) is 0 Å². The summed E-state index contributed by atoms with van der Waals surface area (Å²) in [5.74, 6) is 0.325. The first-order chi connectivity index (χ1) is 4.86. The Bertz CT molecular complexity index is 114. The molecular weight excluding hydrogens is 126 g/mol. The lowest BCUT2D eigenvalue weighted by molar-refractivity contribution is -0.112. The van der Waals surface area contributed by atoms with Crippen molar-refractivity contribution in [3.8, 4) is 0 Å². The highest BCUT2D eigenvalue weighted by molar-refractivity contribution is 5.53. The van der Waals surface area contributed by atoms with Crippen LogP contribution in [0.1, 0.15) is 25.7 Å². The molecule has 1 aliphatic rings. The van der Waals surface area contributed by atoms with Gasteiger partial charge in [-0.1, -0.05) is 6.42 Å². The second-order valence-corrected chi connectivity index (χ2v) is 3.05. The zero-order valence-corrected chi connectivity index (χ0v) is 6.47. The highest BCUT2D eigenvalue weighted by Crippen LogP contribution is 2.21. The Morgan fingerprint density at radius 2 is 2.30 bits per heavy atom. The second kappa shape index (κ2) is 3.71. The molecule has 2 unspecified atom stereocenters. The monoisotopic (exact) mass is 141 g/mol. The molecule has 0 amide bonds. The molecule has 10 heavy (non-hydrogen) atoms. The van der Waals surface area contributed by atoms with Gasteiger partial charge in [0.2, 0.25) is 0 Å². The van der Waals surface area contributed by atoms with Crippen LogP contribution in [0.15, 0.2) is 0 Å². The maximum atomic E-state index is 10.4. The minimum absolute atomic E-state index is 0.325. The molecule has 0 bridgehead atoms. The van der Waals surface area contributed by atoms with Gasteiger partial charge in [-0.3, -0.25) is 0 Å². The van der Waals surface area contributed by atoms with E-state index in [-0.39, 0.29) is 0 Å². The molecule has 1 N–H and O–H groups in total. The predicted octanol–water partition coefficient (Wildman–Crippen LogP) is 0.964. The maximum Gasteiger partial charge on any atom is 0.123 e. The molecule has 1 fully saturated rings. The van der Waals surface area contributed by atoms with Crippen molar-refractivity contribution in [1.29, 1.82) is 0 Å². The van der Waals surface area contributed by atoms with Gasteiger partial charge in [-0.2, -0.15) is 0 Å². The molecule has 0 radical (unpaired) electrons. The van der Waals surface area contributed by atoms with Gasteiger partial charge in [-0.05, 0) is 26.3 Å². The quantitative estimate of drug-likeness (QED) is 0.580. The normalized spacial score (nSPS) is 33.7. The van der Waals surface area contributed by atoms with Gasteiger partial charge in [0.05, 0.1) is 0 Å². The molecule has 0 aromatic carbocycles. The molecule has 2 atom stereocenters. The summed E-state index contributed by atoms with van der Waals surface area (Å²) in [4.78, 5) is 10.4. The molecule has 1 aliphatic carbocycles. The zero-order valence-electron chi connectivity index (χ0n) is 6.47. The third kappa shape index (κ3) is 1.81. The number of rotatable bonds is 2. The first-order valence-corrected chi connectivity index (χ1v) is 3.99. The van der Waals surface area contributed by atoms with Crippen molar-refractivity contribution < 1.29 is 4.79 Å². The lowest BCUT2D eigenvalue weighted by Crippen LogP contribution is -2.31. The molecule has 2 heteroatoms. The van der Waals surface area contributed by atoms with Crippen LogP contribution < -0.4 is 5.32 Å². The number of carbonyl (C=O) groups excluding carboxylic acids is 1. The third-order valence-electron chi connectivity index (χ3n) is 2.32. The summed E-state index contributed by atoms with van der Waals surface area (Å²) in [6.07, 6.45) is 5.68. The number of hydrogen-bond acceptors (Lipinski definition) is 2. The standard InChI is InChI=1S/C8H15NO/c1-9-8-4-2-3-7(5-8)6-10/h6-9H,2-5H2,1H3. The van der Waals surface area contributed by atoms with Crippen LogP contribution in [0.3, 0.4) is 0 Å². The number of nitrogens with one attached hydrogen (secondary N) is 1. The number of carbonyl (C=O) groups is 1. The van der Waals surface area contributed by atoms with Crippen LogP contribution >= 0.6 is 0 Å². The van der Waals surface area contributed by atoms with Crippen molar-refractivity contribution in [3.63, 3.8) is 0 Å². The average Bonchev–Trinajstić information content (AvgIpc) is 2.05. The Morgan fingerprint density at radius 1 is 1.50 bits per heavy atom. The minimum atomic E-state index is 0.325. The van der Waals surface area contributed by atoms with Gasteiger partial charge in [-0.25, -0.2) is 0 Å². The van der Waals surface area contributed by atoms with Crippen LogP contribution in [0.5, 0.6) is 0 Å². The number of hydrogen-bond donors (Lipinski definition) is 1. The molecule has 0 aromatic heterocycles. The van der Waals surface area contributed by atoms with Crippen LogP contribution in [0.2, 0.25) is 0 Å². The Balaban J connectivity index is 2.31. The van der Waals surface area contributed by atoms with Gasteiger partial charge in [0, 0.05) is 12.0 Å². The minimum Gasteiger partial charge on any atom is -0.317 e. The lowest BCUT2D eigenvalue weighted by atomic mass is 9.87. The van der Waals surface area contributed by atoms with Gasteiger partial charge >= 0.3 is 0 Å². The molecule has 1 rings (SSSR count). The van der Waals surface area contributed by atoms with E-state index in [2.05, 4.69) is 5.32 Å². The zero-order chi connectivity index (χ0) is 7.40. The molecule has 0 aliphatic heterocycles. The Labute approximate surface area is 62.0 Å². The highest BCUT2D eigenvalue weighted by atomic mass is 16.1. The van der Waals surface area contributed by atoms with Crippen molar-refractivity contribution in [1.82, 2.24) is 5.32 Å². The van der Waals surface area contributed by atoms with Gasteiger partial charge in [0.25, 0.3) is 0 Å². The fourth-order valence-corrected chi connectivity index (χ4v) is 1.61. The van der Waals surface area contributed by atoms with Crippen LogP contribution in [0.4, 0.5) is 0 Å². The Morgan fingerprint density at radius 3 is 2.90 bits per heavy atom. The van der Waals surface area contributed by atoms with Crippen molar-refractivity contribution in [2.75, 3.05) is 7.05 Å². The van der Waals surface area contributed by atoms with E-state index < -0.39 is 0 Å². The van der Waals surface area contributed by atoms with E-state index in [0.717, 1.165) is 19.1 Å². The summed E-state index contributed by atoms with van der Waals surface area (Å²) in [6.45, 7) is 0. The molecule has 2 nitrogen and oxygen atoms in total. The largest absolute Gasteiger partial charge is 0.317 e. The fourth-order valence-electron chi connectivity index (χ4n) is 1.61. The van der Waals surface area contributed by atoms with E-state index in [9.17, 15) is 4.79 Å². The summed E-state index contributed by atoms with van der Waals surface area (Å²) in [5, 5.41) is 3.21. The molecule has 0 heterocycles. The van der Waals surface area contributed by atoms with E-state index in [1.807, 2.05) is 7.05 Å². The van der Waals surface area contributed by atoms with Crippen molar-refractivity contribution in [2.24, 2.45) is 5.92 Å². The van der Waals surface area contributed by atoms with Crippen LogP contribution in [0.25, 0.3) is 0 Å². The van der Waals surface area contributed by atoms with E-state index in [1.54, 1.807) is 0 Å². The van der Waals surface area contributed by atoms with Crippen LogP contribution in [-0.2, 0) is 4.79 Å². The van der Waals surface area contributed by atoms with E-state index in [0.29, 0.717) is 12.0 Å². The second-order valence-electron chi connectivity index (χ2n) is 3.05. The molecule has 0 spiro atoms. The molecule has 0 aromatic rings. The number of aldehydes is 1. The predicted molar refractivity (Wildman–Crippen MR) is 40.9 cm³/mol. The smallest absolute Gasteiger partial charge is 0.123 e. The topological polar surface area (TPSA) is 29.1 Å². The summed E-state index contributed by atoms with van der Waals surface area (Å²) in [6, 6.07) is 0.587. The summed E-state index contributed by atoms with van der Waals surface area (Å²) >= 11 is 0. The van der Waals surface area contributed by atoms with Gasteiger partial charge in [0.1, 0.15) is 6.29 Å². The van der Waals surface area contributed by atoms with E-state index in [1.165, 1.54) is 12.8 Å². The van der Waals surface area contributed by atoms with Crippen LogP contribution in [0, 0.1) is 5.92 Å². The summed E-state index contributed by atoms with van der Waals surface area (Å²) in [5.41, 5.74) is 0. The average molecular weight is 141 g/mol. The van der Waals surface area contributed by atoms with Crippen molar-refractivity contribution in [2.45, 2.75) is 31.7 Å². The first-order valence-electron chi connectivity index (χ1n) is 3.99. The SMILES string of the molecule is CNC1CCCC(C=O)C1. The Kier molecular flexibility index (Phi) is 2.87.